The van der Waals surface area contributed by atoms with Crippen molar-refractivity contribution >= 4 is 5.91 Å². The van der Waals surface area contributed by atoms with Gasteiger partial charge in [0, 0.05) is 18.5 Å². The van der Waals surface area contributed by atoms with Gasteiger partial charge in [-0.3, -0.25) is 4.79 Å². The molecule has 0 radical (unpaired) electrons. The minimum Gasteiger partial charge on any atom is -0.368 e. The van der Waals surface area contributed by atoms with Gasteiger partial charge in [0.15, 0.2) is 6.29 Å². The van der Waals surface area contributed by atoms with E-state index in [2.05, 4.69) is 11.9 Å². The predicted molar refractivity (Wildman–Crippen MR) is 45.7 cm³/mol. The Morgan fingerprint density at radius 3 is 2.42 bits per heavy atom. The van der Waals surface area contributed by atoms with Crippen molar-refractivity contribution < 1.29 is 15.0 Å². The van der Waals surface area contributed by atoms with Gasteiger partial charge >= 0.3 is 0 Å². The van der Waals surface area contributed by atoms with Gasteiger partial charge in [-0.05, 0) is 6.92 Å². The van der Waals surface area contributed by atoms with E-state index in [9.17, 15) is 4.79 Å². The van der Waals surface area contributed by atoms with Crippen molar-refractivity contribution in [3.63, 3.8) is 0 Å². The summed E-state index contributed by atoms with van der Waals surface area (Å²) < 4.78 is 0. The van der Waals surface area contributed by atoms with Gasteiger partial charge in [-0.2, -0.15) is 0 Å². The fourth-order valence-electron chi connectivity index (χ4n) is 0.466. The van der Waals surface area contributed by atoms with Crippen LogP contribution in [-0.4, -0.2) is 29.0 Å². The first-order chi connectivity index (χ1) is 5.04. The standard InChI is InChI=1S/C7H13NO3.H3N/c1-5(2)7(11)8-4-3-6(9)10;/h6,9-10H,1,3-4H2,2H3,(H,8,11);1H3. The molecule has 0 saturated carbocycles. The summed E-state index contributed by atoms with van der Waals surface area (Å²) in [5.74, 6) is -0.259. The Kier molecular flexibility index (Phi) is 7.72. The maximum atomic E-state index is 10.8. The number of hydrogen-bond acceptors (Lipinski definition) is 4. The van der Waals surface area contributed by atoms with Gasteiger partial charge in [0.2, 0.25) is 5.91 Å². The van der Waals surface area contributed by atoms with Gasteiger partial charge in [0.25, 0.3) is 0 Å². The zero-order valence-electron chi connectivity index (χ0n) is 7.21. The SMILES string of the molecule is C=C(C)C(=O)NCCC(O)O.N. The molecule has 1 amide bonds. The van der Waals surface area contributed by atoms with Crippen LogP contribution in [0.3, 0.4) is 0 Å². The second kappa shape index (κ2) is 6.78. The highest BCUT2D eigenvalue weighted by molar-refractivity contribution is 5.91. The number of aliphatic hydroxyl groups is 2. The third-order valence-corrected chi connectivity index (χ3v) is 1.08. The molecule has 0 bridgehead atoms. The van der Waals surface area contributed by atoms with Crippen LogP contribution >= 0.6 is 0 Å². The summed E-state index contributed by atoms with van der Waals surface area (Å²) in [7, 11) is 0. The molecule has 6 N–H and O–H groups in total. The molecule has 0 atom stereocenters. The molecule has 12 heavy (non-hydrogen) atoms. The van der Waals surface area contributed by atoms with Gasteiger partial charge in [-0.15, -0.1) is 0 Å². The van der Waals surface area contributed by atoms with Gasteiger partial charge in [0.1, 0.15) is 0 Å². The van der Waals surface area contributed by atoms with Crippen LogP contribution in [0, 0.1) is 0 Å². The topological polar surface area (TPSA) is 105 Å². The number of amides is 1. The molecule has 5 nitrogen and oxygen atoms in total. The number of nitrogens with one attached hydrogen (secondary N) is 1. The monoisotopic (exact) mass is 176 g/mol. The molecule has 0 aromatic heterocycles. The first-order valence-electron chi connectivity index (χ1n) is 3.34. The van der Waals surface area contributed by atoms with Crippen LogP contribution in [0.15, 0.2) is 12.2 Å². The number of carbonyl (C=O) groups is 1. The molecule has 0 aliphatic rings. The Labute approximate surface area is 71.7 Å². The smallest absolute Gasteiger partial charge is 0.246 e. The van der Waals surface area contributed by atoms with Gasteiger partial charge in [-0.25, -0.2) is 0 Å². The summed E-state index contributed by atoms with van der Waals surface area (Å²) in [6, 6.07) is 0. The third kappa shape index (κ3) is 7.20. The van der Waals surface area contributed by atoms with Crippen molar-refractivity contribution in [2.75, 3.05) is 6.54 Å². The Balaban J connectivity index is 0. The summed E-state index contributed by atoms with van der Waals surface area (Å²) in [6.07, 6.45) is -1.22. The Bertz CT molecular complexity index is 157. The normalized spacial score (nSPS) is 9.00. The molecule has 0 fully saturated rings. The molecule has 0 spiro atoms. The molecule has 0 unspecified atom stereocenters. The summed E-state index contributed by atoms with van der Waals surface area (Å²) in [4.78, 5) is 10.8. The number of hydrogen-bond donors (Lipinski definition) is 4. The molecule has 5 heteroatoms. The summed E-state index contributed by atoms with van der Waals surface area (Å²) in [6.45, 7) is 5.26. The fraction of sp³-hybridized carbons (Fsp3) is 0.571. The summed E-state index contributed by atoms with van der Waals surface area (Å²) in [5.41, 5.74) is 0.414. The zero-order valence-corrected chi connectivity index (χ0v) is 7.21. The Morgan fingerprint density at radius 2 is 2.08 bits per heavy atom. The molecule has 0 aromatic rings. The second-order valence-electron chi connectivity index (χ2n) is 2.31. The first kappa shape index (κ1) is 13.7. The number of rotatable bonds is 4. The lowest BCUT2D eigenvalue weighted by molar-refractivity contribution is -0.117. The van der Waals surface area contributed by atoms with Crippen molar-refractivity contribution in [3.8, 4) is 0 Å². The van der Waals surface area contributed by atoms with Crippen LogP contribution in [0.5, 0.6) is 0 Å². The van der Waals surface area contributed by atoms with E-state index < -0.39 is 6.29 Å². The van der Waals surface area contributed by atoms with Crippen LogP contribution in [0.1, 0.15) is 13.3 Å². The molecule has 0 aliphatic heterocycles. The fourth-order valence-corrected chi connectivity index (χ4v) is 0.466. The van der Waals surface area contributed by atoms with Crippen molar-refractivity contribution in [2.24, 2.45) is 0 Å². The molecule has 0 rings (SSSR count). The molecule has 0 aromatic carbocycles. The summed E-state index contributed by atoms with van der Waals surface area (Å²) in [5, 5.41) is 19.2. The maximum Gasteiger partial charge on any atom is 0.246 e. The van der Waals surface area contributed by atoms with E-state index in [1.807, 2.05) is 0 Å². The van der Waals surface area contributed by atoms with Crippen LogP contribution in [-0.2, 0) is 4.79 Å². The van der Waals surface area contributed by atoms with Gasteiger partial charge < -0.3 is 21.7 Å². The lowest BCUT2D eigenvalue weighted by Crippen LogP contribution is -2.27. The van der Waals surface area contributed by atoms with E-state index in [-0.39, 0.29) is 25.0 Å². The van der Waals surface area contributed by atoms with Crippen molar-refractivity contribution in [1.29, 1.82) is 0 Å². The highest BCUT2D eigenvalue weighted by Gasteiger charge is 2.01. The number of carbonyl (C=O) groups excluding carboxylic acids is 1. The summed E-state index contributed by atoms with van der Waals surface area (Å²) >= 11 is 0. The van der Waals surface area contributed by atoms with Crippen molar-refractivity contribution in [3.05, 3.63) is 12.2 Å². The second-order valence-corrected chi connectivity index (χ2v) is 2.31. The van der Waals surface area contributed by atoms with E-state index >= 15 is 0 Å². The van der Waals surface area contributed by atoms with Crippen molar-refractivity contribution in [2.45, 2.75) is 19.6 Å². The minimum absolute atomic E-state index is 0. The maximum absolute atomic E-state index is 10.8. The quantitative estimate of drug-likeness (QED) is 0.343. The first-order valence-corrected chi connectivity index (χ1v) is 3.34. The van der Waals surface area contributed by atoms with Crippen LogP contribution in [0.25, 0.3) is 0 Å². The van der Waals surface area contributed by atoms with Crippen molar-refractivity contribution in [1.82, 2.24) is 11.5 Å². The highest BCUT2D eigenvalue weighted by atomic mass is 16.5. The van der Waals surface area contributed by atoms with E-state index in [0.717, 1.165) is 0 Å². The lowest BCUT2D eigenvalue weighted by atomic mass is 10.3. The molecule has 0 heterocycles. The Morgan fingerprint density at radius 1 is 1.58 bits per heavy atom. The van der Waals surface area contributed by atoms with E-state index in [0.29, 0.717) is 5.57 Å². The highest BCUT2D eigenvalue weighted by Crippen LogP contribution is 1.87. The van der Waals surface area contributed by atoms with E-state index in [1.54, 1.807) is 6.92 Å². The average Bonchev–Trinajstić information content (AvgIpc) is 1.86. The number of aliphatic hydroxyl groups excluding tert-OH is 1. The minimum atomic E-state index is -1.36. The molecular formula is C7H16N2O3. The third-order valence-electron chi connectivity index (χ3n) is 1.08. The lowest BCUT2D eigenvalue weighted by Gasteiger charge is -2.04. The predicted octanol–water partition coefficient (Wildman–Crippen LogP) is -0.459. The van der Waals surface area contributed by atoms with E-state index in [4.69, 9.17) is 10.2 Å². The van der Waals surface area contributed by atoms with Crippen LogP contribution in [0.2, 0.25) is 0 Å². The Hall–Kier alpha value is -0.910. The van der Waals surface area contributed by atoms with Gasteiger partial charge in [0.05, 0.1) is 0 Å². The molecular weight excluding hydrogens is 160 g/mol. The molecule has 72 valence electrons. The largest absolute Gasteiger partial charge is 0.368 e. The average molecular weight is 176 g/mol. The van der Waals surface area contributed by atoms with E-state index in [1.165, 1.54) is 0 Å². The molecule has 0 saturated heterocycles. The van der Waals surface area contributed by atoms with Crippen LogP contribution in [0.4, 0.5) is 0 Å². The van der Waals surface area contributed by atoms with Crippen LogP contribution < -0.4 is 11.5 Å². The van der Waals surface area contributed by atoms with Gasteiger partial charge in [-0.1, -0.05) is 6.58 Å². The zero-order chi connectivity index (χ0) is 8.85. The molecule has 0 aliphatic carbocycles.